The van der Waals surface area contributed by atoms with Gasteiger partial charge in [0.25, 0.3) is 5.91 Å². The molecule has 1 aliphatic rings. The average Bonchev–Trinajstić information content (AvgIpc) is 2.42. The van der Waals surface area contributed by atoms with E-state index < -0.39 is 11.5 Å². The maximum Gasteiger partial charge on any atom is 0.343 e. The summed E-state index contributed by atoms with van der Waals surface area (Å²) in [5.41, 5.74) is 5.78. The van der Waals surface area contributed by atoms with Gasteiger partial charge in [0.2, 0.25) is 0 Å². The Bertz CT molecular complexity index is 886. The molecule has 6 heteroatoms. The predicted octanol–water partition coefficient (Wildman–Crippen LogP) is 1.40. The fourth-order valence-electron chi connectivity index (χ4n) is 2.30. The molecule has 2 aromatic rings. The number of fused-ring (bicyclic) bond motifs is 1. The van der Waals surface area contributed by atoms with Crippen LogP contribution in [0.4, 0.5) is 5.69 Å². The number of carbonyl (C=O) groups is 1. The highest BCUT2D eigenvalue weighted by Crippen LogP contribution is 2.25. The highest BCUT2D eigenvalue weighted by atomic mass is 16.4. The monoisotopic (exact) mass is 295 g/mol. The van der Waals surface area contributed by atoms with Crippen LogP contribution in [0.25, 0.3) is 17.0 Å². The molecule has 1 saturated heterocycles. The fraction of sp³-hybridized carbons (Fsp3) is 0.188. The molecule has 0 spiro atoms. The molecule has 1 fully saturated rings. The Hall–Kier alpha value is -3.07. The molecule has 2 N–H and O–H groups in total. The second-order valence-corrected chi connectivity index (χ2v) is 5.09. The largest absolute Gasteiger partial charge is 0.422 e. The Kier molecular flexibility index (Phi) is 3.39. The Balaban J connectivity index is 2.08. The van der Waals surface area contributed by atoms with Gasteiger partial charge < -0.3 is 15.1 Å². The Morgan fingerprint density at radius 1 is 1.36 bits per heavy atom. The zero-order valence-electron chi connectivity index (χ0n) is 11.7. The summed E-state index contributed by atoms with van der Waals surface area (Å²) in [6, 6.07) is 8.87. The van der Waals surface area contributed by atoms with E-state index in [1.54, 1.807) is 12.1 Å². The van der Waals surface area contributed by atoms with Gasteiger partial charge in [-0.25, -0.2) is 4.79 Å². The number of hydrogen-bond donors (Lipinski definition) is 1. The van der Waals surface area contributed by atoms with E-state index in [4.69, 9.17) is 15.4 Å². The minimum atomic E-state index is -0.880. The predicted molar refractivity (Wildman–Crippen MR) is 82.1 cm³/mol. The topological polar surface area (TPSA) is 100 Å². The molecule has 0 bridgehead atoms. The third-order valence-corrected chi connectivity index (χ3v) is 3.65. The van der Waals surface area contributed by atoms with Crippen LogP contribution in [0.15, 0.2) is 39.1 Å². The number of amides is 1. The molecule has 0 aliphatic carbocycles. The highest BCUT2D eigenvalue weighted by molar-refractivity contribution is 6.00. The van der Waals surface area contributed by atoms with Gasteiger partial charge in [0.15, 0.2) is 0 Å². The number of benzene rings is 1. The lowest BCUT2D eigenvalue weighted by molar-refractivity contribution is -0.114. The van der Waals surface area contributed by atoms with E-state index in [-0.39, 0.29) is 11.1 Å². The first-order valence-electron chi connectivity index (χ1n) is 6.83. The van der Waals surface area contributed by atoms with Crippen molar-refractivity contribution in [2.24, 2.45) is 5.73 Å². The molecule has 1 amide bonds. The molecule has 0 unspecified atom stereocenters. The van der Waals surface area contributed by atoms with Crippen molar-refractivity contribution < 1.29 is 9.21 Å². The fourth-order valence-corrected chi connectivity index (χ4v) is 2.30. The first-order valence-corrected chi connectivity index (χ1v) is 6.83. The van der Waals surface area contributed by atoms with Gasteiger partial charge in [0, 0.05) is 30.2 Å². The van der Waals surface area contributed by atoms with Crippen LogP contribution in [0, 0.1) is 11.3 Å². The zero-order chi connectivity index (χ0) is 15.7. The van der Waals surface area contributed by atoms with Gasteiger partial charge in [-0.3, -0.25) is 4.79 Å². The van der Waals surface area contributed by atoms with E-state index in [9.17, 15) is 9.59 Å². The summed E-state index contributed by atoms with van der Waals surface area (Å²) in [5.74, 6) is -0.880. The van der Waals surface area contributed by atoms with Crippen LogP contribution in [0.1, 0.15) is 12.0 Å². The number of hydrogen-bond acceptors (Lipinski definition) is 5. The van der Waals surface area contributed by atoms with Gasteiger partial charge >= 0.3 is 5.63 Å². The van der Waals surface area contributed by atoms with E-state index in [0.29, 0.717) is 5.58 Å². The van der Waals surface area contributed by atoms with Crippen LogP contribution in [-0.2, 0) is 4.79 Å². The maximum absolute atomic E-state index is 12.0. The number of carbonyl (C=O) groups excluding carboxylic acids is 1. The number of nitrogens with zero attached hydrogens (tertiary/aromatic N) is 2. The van der Waals surface area contributed by atoms with E-state index >= 15 is 0 Å². The van der Waals surface area contributed by atoms with Crippen molar-refractivity contribution in [3.05, 3.63) is 45.8 Å². The van der Waals surface area contributed by atoms with Crippen LogP contribution >= 0.6 is 0 Å². The van der Waals surface area contributed by atoms with Crippen molar-refractivity contribution in [1.82, 2.24) is 0 Å². The maximum atomic E-state index is 12.0. The SMILES string of the molecule is N#CC(=Cc1cc2ccc(N3CCC3)cc2oc1=O)C(N)=O. The van der Waals surface area contributed by atoms with Crippen molar-refractivity contribution in [1.29, 1.82) is 5.26 Å². The second-order valence-electron chi connectivity index (χ2n) is 5.09. The lowest BCUT2D eigenvalue weighted by Crippen LogP contribution is -2.36. The lowest BCUT2D eigenvalue weighted by atomic mass is 10.1. The lowest BCUT2D eigenvalue weighted by Gasteiger charge is -2.33. The third-order valence-electron chi connectivity index (χ3n) is 3.65. The first kappa shape index (κ1) is 13.9. The molecule has 0 saturated carbocycles. The number of nitriles is 1. The van der Waals surface area contributed by atoms with Crippen molar-refractivity contribution in [2.75, 3.05) is 18.0 Å². The Labute approximate surface area is 126 Å². The van der Waals surface area contributed by atoms with Crippen molar-refractivity contribution in [2.45, 2.75) is 6.42 Å². The minimum absolute atomic E-state index is 0.125. The summed E-state index contributed by atoms with van der Waals surface area (Å²) >= 11 is 0. The second kappa shape index (κ2) is 5.37. The average molecular weight is 295 g/mol. The molecule has 110 valence electrons. The van der Waals surface area contributed by atoms with Gasteiger partial charge in [-0.15, -0.1) is 0 Å². The molecule has 0 radical (unpaired) electrons. The number of anilines is 1. The smallest absolute Gasteiger partial charge is 0.343 e. The van der Waals surface area contributed by atoms with Crippen LogP contribution in [0.2, 0.25) is 0 Å². The summed E-state index contributed by atoms with van der Waals surface area (Å²) in [7, 11) is 0. The highest BCUT2D eigenvalue weighted by Gasteiger charge is 2.15. The molecule has 1 aliphatic heterocycles. The van der Waals surface area contributed by atoms with Crippen molar-refractivity contribution >= 4 is 28.6 Å². The molecule has 3 rings (SSSR count). The molecule has 22 heavy (non-hydrogen) atoms. The van der Waals surface area contributed by atoms with Gasteiger partial charge in [0.05, 0.1) is 5.56 Å². The zero-order valence-corrected chi connectivity index (χ0v) is 11.7. The van der Waals surface area contributed by atoms with E-state index in [1.165, 1.54) is 0 Å². The number of rotatable bonds is 3. The first-order chi connectivity index (χ1) is 10.6. The van der Waals surface area contributed by atoms with Crippen LogP contribution < -0.4 is 16.3 Å². The summed E-state index contributed by atoms with van der Waals surface area (Å²) < 4.78 is 5.29. The molecule has 1 aromatic carbocycles. The summed E-state index contributed by atoms with van der Waals surface area (Å²) in [5, 5.41) is 9.56. The number of nitrogens with two attached hydrogens (primary N) is 1. The van der Waals surface area contributed by atoms with Gasteiger partial charge in [-0.1, -0.05) is 0 Å². The normalized spacial score (nSPS) is 14.5. The minimum Gasteiger partial charge on any atom is -0.422 e. The molecular weight excluding hydrogens is 282 g/mol. The van der Waals surface area contributed by atoms with Gasteiger partial charge in [-0.05, 0) is 30.7 Å². The van der Waals surface area contributed by atoms with E-state index in [1.807, 2.05) is 18.2 Å². The summed E-state index contributed by atoms with van der Waals surface area (Å²) in [6.07, 6.45) is 2.31. The van der Waals surface area contributed by atoms with Gasteiger partial charge in [-0.2, -0.15) is 5.26 Å². The van der Waals surface area contributed by atoms with E-state index in [2.05, 4.69) is 4.90 Å². The standard InChI is InChI=1S/C16H13N3O3/c17-9-12(15(18)20)7-11-6-10-2-3-13(19-4-1-5-19)8-14(10)22-16(11)21/h2-3,6-8H,1,4-5H2,(H2,18,20). The van der Waals surface area contributed by atoms with E-state index in [0.717, 1.165) is 36.7 Å². The molecule has 6 nitrogen and oxygen atoms in total. The van der Waals surface area contributed by atoms with Crippen molar-refractivity contribution in [3.8, 4) is 6.07 Å². The van der Waals surface area contributed by atoms with Crippen LogP contribution in [0.3, 0.4) is 0 Å². The molecular formula is C16H13N3O3. The summed E-state index contributed by atoms with van der Waals surface area (Å²) in [6.45, 7) is 2.00. The van der Waals surface area contributed by atoms with Gasteiger partial charge in [0.1, 0.15) is 17.2 Å². The number of primary amides is 1. The van der Waals surface area contributed by atoms with Crippen LogP contribution in [0.5, 0.6) is 0 Å². The summed E-state index contributed by atoms with van der Waals surface area (Å²) in [4.78, 5) is 25.2. The Morgan fingerprint density at radius 2 is 2.14 bits per heavy atom. The molecule has 1 aromatic heterocycles. The van der Waals surface area contributed by atoms with Crippen LogP contribution in [-0.4, -0.2) is 19.0 Å². The third kappa shape index (κ3) is 2.44. The Morgan fingerprint density at radius 3 is 2.73 bits per heavy atom. The van der Waals surface area contributed by atoms with Crippen molar-refractivity contribution in [3.63, 3.8) is 0 Å². The molecule has 0 atom stereocenters. The molecule has 2 heterocycles. The quantitative estimate of drug-likeness (QED) is 0.524.